The second-order valence-electron chi connectivity index (χ2n) is 4.50. The molecule has 0 aliphatic rings. The zero-order valence-corrected chi connectivity index (χ0v) is 11.0. The summed E-state index contributed by atoms with van der Waals surface area (Å²) in [7, 11) is 1.56. The third-order valence-electron chi connectivity index (χ3n) is 2.60. The Hall–Kier alpha value is -1.89. The molecule has 1 heterocycles. The number of carbonyl (C=O) groups excluding carboxylic acids is 1. The number of aliphatic carboxylic acids is 1. The molecule has 1 aromatic rings. The predicted octanol–water partition coefficient (Wildman–Crippen LogP) is 0.194. The SMILES string of the molecule is COCC(C)CC(=O)N[C@H](Cc1cnc[nH]1)C(=O)O. The Morgan fingerprint density at radius 3 is 2.84 bits per heavy atom. The number of aromatic amines is 1. The molecule has 7 nitrogen and oxygen atoms in total. The standard InChI is InChI=1S/C12H19N3O4/c1-8(6-19-2)3-11(16)15-10(12(17)18)4-9-5-13-7-14-9/h5,7-8,10H,3-4,6H2,1-2H3,(H,13,14)(H,15,16)(H,17,18)/t8?,10-/m1/s1. The second kappa shape index (κ2) is 7.52. The van der Waals surface area contributed by atoms with Gasteiger partial charge in [-0.3, -0.25) is 4.79 Å². The summed E-state index contributed by atoms with van der Waals surface area (Å²) in [5, 5.41) is 11.6. The largest absolute Gasteiger partial charge is 0.480 e. The molecule has 1 amide bonds. The highest BCUT2D eigenvalue weighted by atomic mass is 16.5. The van der Waals surface area contributed by atoms with Gasteiger partial charge in [0.2, 0.25) is 5.91 Å². The first-order valence-corrected chi connectivity index (χ1v) is 6.01. The second-order valence-corrected chi connectivity index (χ2v) is 4.50. The van der Waals surface area contributed by atoms with E-state index in [2.05, 4.69) is 15.3 Å². The highest BCUT2D eigenvalue weighted by Gasteiger charge is 2.21. The monoisotopic (exact) mass is 269 g/mol. The number of carbonyl (C=O) groups is 2. The number of nitrogens with one attached hydrogen (secondary N) is 2. The molecule has 0 radical (unpaired) electrons. The quantitative estimate of drug-likeness (QED) is 0.625. The minimum absolute atomic E-state index is 0.0478. The lowest BCUT2D eigenvalue weighted by Gasteiger charge is -2.15. The summed E-state index contributed by atoms with van der Waals surface area (Å²) in [6, 6.07) is -0.956. The molecule has 7 heteroatoms. The van der Waals surface area contributed by atoms with Gasteiger partial charge in [-0.1, -0.05) is 6.92 Å². The fourth-order valence-electron chi connectivity index (χ4n) is 1.73. The maximum Gasteiger partial charge on any atom is 0.326 e. The summed E-state index contributed by atoms with van der Waals surface area (Å²) in [6.45, 7) is 2.33. The van der Waals surface area contributed by atoms with E-state index in [9.17, 15) is 9.59 Å². The van der Waals surface area contributed by atoms with E-state index >= 15 is 0 Å². The van der Waals surface area contributed by atoms with Crippen molar-refractivity contribution in [3.8, 4) is 0 Å². The number of ether oxygens (including phenoxy) is 1. The minimum Gasteiger partial charge on any atom is -0.480 e. The van der Waals surface area contributed by atoms with Gasteiger partial charge >= 0.3 is 5.97 Å². The molecule has 0 aliphatic heterocycles. The Labute approximate surface area is 111 Å². The fraction of sp³-hybridized carbons (Fsp3) is 0.583. The Bertz CT molecular complexity index is 405. The molecule has 0 aromatic carbocycles. The van der Waals surface area contributed by atoms with E-state index in [0.717, 1.165) is 0 Å². The molecule has 3 N–H and O–H groups in total. The van der Waals surface area contributed by atoms with Crippen molar-refractivity contribution in [2.75, 3.05) is 13.7 Å². The van der Waals surface area contributed by atoms with Crippen LogP contribution in [0.5, 0.6) is 0 Å². The normalized spacial score (nSPS) is 13.8. The Balaban J connectivity index is 2.49. The molecule has 0 aliphatic carbocycles. The van der Waals surface area contributed by atoms with Crippen molar-refractivity contribution in [2.45, 2.75) is 25.8 Å². The Kier molecular flexibility index (Phi) is 6.01. The molecule has 0 saturated carbocycles. The van der Waals surface area contributed by atoms with Gasteiger partial charge in [-0.2, -0.15) is 0 Å². The number of imidazole rings is 1. The first-order valence-electron chi connectivity index (χ1n) is 6.01. The summed E-state index contributed by atoms with van der Waals surface area (Å²) in [5.74, 6) is -1.31. The topological polar surface area (TPSA) is 104 Å². The molecule has 106 valence electrons. The van der Waals surface area contributed by atoms with Crippen LogP contribution in [0, 0.1) is 5.92 Å². The number of H-pyrrole nitrogens is 1. The molecule has 0 bridgehead atoms. The van der Waals surface area contributed by atoms with Crippen molar-refractivity contribution in [3.05, 3.63) is 18.2 Å². The summed E-state index contributed by atoms with van der Waals surface area (Å²) in [6.07, 6.45) is 3.42. The van der Waals surface area contributed by atoms with Crippen LogP contribution < -0.4 is 5.32 Å². The van der Waals surface area contributed by atoms with Crippen LogP contribution in [-0.2, 0) is 20.7 Å². The summed E-state index contributed by atoms with van der Waals surface area (Å²) in [4.78, 5) is 29.4. The highest BCUT2D eigenvalue weighted by molar-refractivity contribution is 5.83. The predicted molar refractivity (Wildman–Crippen MR) is 67.5 cm³/mol. The van der Waals surface area contributed by atoms with Gasteiger partial charge in [0.1, 0.15) is 6.04 Å². The maximum absolute atomic E-state index is 11.7. The number of hydrogen-bond acceptors (Lipinski definition) is 4. The minimum atomic E-state index is -1.07. The van der Waals surface area contributed by atoms with Crippen LogP contribution in [0.1, 0.15) is 19.0 Å². The number of methoxy groups -OCH3 is 1. The number of carboxylic acids is 1. The molecule has 0 spiro atoms. The molecular weight excluding hydrogens is 250 g/mol. The van der Waals surface area contributed by atoms with Gasteiger partial charge in [0.25, 0.3) is 0 Å². The van der Waals surface area contributed by atoms with Crippen LogP contribution >= 0.6 is 0 Å². The molecule has 1 unspecified atom stereocenters. The van der Waals surface area contributed by atoms with E-state index < -0.39 is 12.0 Å². The summed E-state index contributed by atoms with van der Waals surface area (Å²) < 4.78 is 4.93. The van der Waals surface area contributed by atoms with Crippen molar-refractivity contribution in [2.24, 2.45) is 5.92 Å². The average molecular weight is 269 g/mol. The van der Waals surface area contributed by atoms with Crippen molar-refractivity contribution in [1.29, 1.82) is 0 Å². The lowest BCUT2D eigenvalue weighted by Crippen LogP contribution is -2.43. The van der Waals surface area contributed by atoms with Gasteiger partial charge in [0.05, 0.1) is 6.33 Å². The van der Waals surface area contributed by atoms with Crippen molar-refractivity contribution < 1.29 is 19.4 Å². The lowest BCUT2D eigenvalue weighted by molar-refractivity contribution is -0.142. The van der Waals surface area contributed by atoms with E-state index in [1.807, 2.05) is 6.92 Å². The van der Waals surface area contributed by atoms with E-state index in [4.69, 9.17) is 9.84 Å². The van der Waals surface area contributed by atoms with Gasteiger partial charge < -0.3 is 20.1 Å². The van der Waals surface area contributed by atoms with Crippen LogP contribution in [0.25, 0.3) is 0 Å². The number of rotatable bonds is 8. The number of aromatic nitrogens is 2. The first-order chi connectivity index (χ1) is 9.02. The third kappa shape index (κ3) is 5.52. The van der Waals surface area contributed by atoms with Crippen molar-refractivity contribution in [3.63, 3.8) is 0 Å². The zero-order valence-electron chi connectivity index (χ0n) is 11.0. The fourth-order valence-corrected chi connectivity index (χ4v) is 1.73. The van der Waals surface area contributed by atoms with Gasteiger partial charge in [0.15, 0.2) is 0 Å². The van der Waals surface area contributed by atoms with Crippen molar-refractivity contribution in [1.82, 2.24) is 15.3 Å². The molecular formula is C12H19N3O4. The first kappa shape index (κ1) is 15.2. The molecule has 1 aromatic heterocycles. The molecule has 19 heavy (non-hydrogen) atoms. The van der Waals surface area contributed by atoms with Crippen LogP contribution in [0.2, 0.25) is 0 Å². The van der Waals surface area contributed by atoms with Crippen LogP contribution in [0.15, 0.2) is 12.5 Å². The van der Waals surface area contributed by atoms with E-state index in [-0.39, 0.29) is 24.7 Å². The maximum atomic E-state index is 11.7. The number of amides is 1. The average Bonchev–Trinajstić information content (AvgIpc) is 2.80. The highest BCUT2D eigenvalue weighted by Crippen LogP contribution is 2.04. The van der Waals surface area contributed by atoms with Crippen LogP contribution in [0.4, 0.5) is 0 Å². The van der Waals surface area contributed by atoms with E-state index in [1.165, 1.54) is 12.5 Å². The van der Waals surface area contributed by atoms with E-state index in [1.54, 1.807) is 7.11 Å². The number of hydrogen-bond donors (Lipinski definition) is 3. The lowest BCUT2D eigenvalue weighted by atomic mass is 10.1. The van der Waals surface area contributed by atoms with Gasteiger partial charge in [-0.15, -0.1) is 0 Å². The molecule has 2 atom stereocenters. The van der Waals surface area contributed by atoms with Gasteiger partial charge in [0, 0.05) is 38.4 Å². The van der Waals surface area contributed by atoms with Gasteiger partial charge in [-0.25, -0.2) is 9.78 Å². The summed E-state index contributed by atoms with van der Waals surface area (Å²) >= 11 is 0. The molecule has 0 fully saturated rings. The zero-order chi connectivity index (χ0) is 14.3. The smallest absolute Gasteiger partial charge is 0.326 e. The van der Waals surface area contributed by atoms with Crippen LogP contribution in [-0.4, -0.2) is 46.7 Å². The van der Waals surface area contributed by atoms with Crippen LogP contribution in [0.3, 0.4) is 0 Å². The number of nitrogens with zero attached hydrogens (tertiary/aromatic N) is 1. The number of carboxylic acid groups (broad SMARTS) is 1. The Morgan fingerprint density at radius 2 is 2.32 bits per heavy atom. The van der Waals surface area contributed by atoms with Gasteiger partial charge in [-0.05, 0) is 5.92 Å². The molecule has 1 rings (SSSR count). The summed E-state index contributed by atoms with van der Waals surface area (Å²) in [5.41, 5.74) is 0.664. The Morgan fingerprint density at radius 1 is 1.58 bits per heavy atom. The third-order valence-corrected chi connectivity index (χ3v) is 2.60. The molecule has 0 saturated heterocycles. The van der Waals surface area contributed by atoms with E-state index in [0.29, 0.717) is 12.3 Å². The van der Waals surface area contributed by atoms with Crippen molar-refractivity contribution >= 4 is 11.9 Å².